The van der Waals surface area contributed by atoms with E-state index in [1.165, 1.54) is 11.3 Å². The molecule has 2 N–H and O–H groups in total. The van der Waals surface area contributed by atoms with Crippen molar-refractivity contribution in [2.24, 2.45) is 5.73 Å². The summed E-state index contributed by atoms with van der Waals surface area (Å²) >= 11 is 6.10. The van der Waals surface area contributed by atoms with E-state index >= 15 is 0 Å². The van der Waals surface area contributed by atoms with Crippen molar-refractivity contribution in [1.29, 1.82) is 0 Å². The molecule has 152 valence electrons. The molecule has 0 aliphatic rings. The molecule has 0 atom stereocenters. The molecule has 0 aliphatic carbocycles. The number of primary amides is 1. The Morgan fingerprint density at radius 1 is 1.00 bits per heavy atom. The first-order chi connectivity index (χ1) is 14.0. The summed E-state index contributed by atoms with van der Waals surface area (Å²) in [5, 5.41) is 0.683. The fourth-order valence-electron chi connectivity index (χ4n) is 4.02. The van der Waals surface area contributed by atoms with Crippen molar-refractivity contribution in [2.75, 3.05) is 0 Å². The van der Waals surface area contributed by atoms with E-state index in [2.05, 4.69) is 35.8 Å². The Morgan fingerprint density at radius 2 is 1.69 bits per heavy atom. The van der Waals surface area contributed by atoms with Crippen molar-refractivity contribution in [1.82, 2.24) is 4.57 Å². The average Bonchev–Trinajstić information content (AvgIpc) is 3.00. The average molecular weight is 409 g/mol. The number of carbonyl (C=O) groups is 1. The van der Waals surface area contributed by atoms with Gasteiger partial charge in [0.05, 0.1) is 5.56 Å². The fourth-order valence-corrected chi connectivity index (χ4v) is 4.14. The number of amides is 1. The summed E-state index contributed by atoms with van der Waals surface area (Å²) in [6.45, 7) is 5.04. The van der Waals surface area contributed by atoms with Crippen molar-refractivity contribution in [3.05, 3.63) is 82.1 Å². The largest absolute Gasteiger partial charge is 0.366 e. The van der Waals surface area contributed by atoms with E-state index in [4.69, 9.17) is 17.3 Å². The quantitative estimate of drug-likeness (QED) is 0.421. The third-order valence-corrected chi connectivity index (χ3v) is 5.75. The number of hydrogen-bond acceptors (Lipinski definition) is 1. The lowest BCUT2D eigenvalue weighted by Crippen LogP contribution is -2.14. The molecule has 0 bridgehead atoms. The summed E-state index contributed by atoms with van der Waals surface area (Å²) in [6.07, 6.45) is 5.24. The van der Waals surface area contributed by atoms with Gasteiger partial charge in [0.1, 0.15) is 0 Å². The van der Waals surface area contributed by atoms with Crippen LogP contribution in [0.5, 0.6) is 0 Å². The van der Waals surface area contributed by atoms with Crippen LogP contribution in [0.25, 0.3) is 11.1 Å². The molecule has 3 aromatic rings. The van der Waals surface area contributed by atoms with E-state index in [1.54, 1.807) is 0 Å². The van der Waals surface area contributed by atoms with Gasteiger partial charge in [-0.1, -0.05) is 73.8 Å². The van der Waals surface area contributed by atoms with E-state index < -0.39 is 0 Å². The van der Waals surface area contributed by atoms with Crippen molar-refractivity contribution in [3.8, 4) is 11.1 Å². The molecule has 1 heterocycles. The lowest BCUT2D eigenvalue weighted by Gasteiger charge is -2.14. The van der Waals surface area contributed by atoms with Crippen LogP contribution in [-0.4, -0.2) is 10.5 Å². The Labute approximate surface area is 178 Å². The van der Waals surface area contributed by atoms with Crippen LogP contribution in [0, 0.1) is 6.92 Å². The lowest BCUT2D eigenvalue weighted by atomic mass is 9.97. The van der Waals surface area contributed by atoms with Crippen LogP contribution in [0.4, 0.5) is 0 Å². The Kier molecular flexibility index (Phi) is 7.16. The zero-order valence-corrected chi connectivity index (χ0v) is 18.0. The van der Waals surface area contributed by atoms with Crippen LogP contribution < -0.4 is 5.73 Å². The number of aryl methyl sites for hydroxylation is 1. The van der Waals surface area contributed by atoms with Gasteiger partial charge >= 0.3 is 0 Å². The smallest absolute Gasteiger partial charge is 0.251 e. The monoisotopic (exact) mass is 408 g/mol. The topological polar surface area (TPSA) is 48.0 Å². The number of aromatic nitrogens is 1. The van der Waals surface area contributed by atoms with Crippen LogP contribution in [0.1, 0.15) is 53.5 Å². The van der Waals surface area contributed by atoms with Crippen LogP contribution in [0.15, 0.2) is 54.6 Å². The van der Waals surface area contributed by atoms with Gasteiger partial charge in [0, 0.05) is 28.5 Å². The molecule has 0 fully saturated rings. The van der Waals surface area contributed by atoms with Gasteiger partial charge in [0.15, 0.2) is 0 Å². The second kappa shape index (κ2) is 9.80. The highest BCUT2D eigenvalue weighted by atomic mass is 35.5. The highest BCUT2D eigenvalue weighted by Crippen LogP contribution is 2.34. The standard InChI is InChI=1S/C25H29ClN2O/c1-3-4-6-11-22-24(20-12-14-21(26)15-13-20)23(25(27)29)18(2)28(22)17-16-19-9-7-5-8-10-19/h5,7-10,12-15H,3-4,6,11,16-17H2,1-2H3,(H2,27,29). The van der Waals surface area contributed by atoms with Crippen molar-refractivity contribution in [3.63, 3.8) is 0 Å². The second-order valence-corrected chi connectivity index (χ2v) is 7.93. The van der Waals surface area contributed by atoms with Gasteiger partial charge in [0.2, 0.25) is 0 Å². The Hall–Kier alpha value is -2.52. The molecule has 2 aromatic carbocycles. The Bertz CT molecular complexity index is 959. The van der Waals surface area contributed by atoms with Crippen LogP contribution in [-0.2, 0) is 19.4 Å². The number of nitrogens with two attached hydrogens (primary N) is 1. The molecule has 29 heavy (non-hydrogen) atoms. The molecule has 0 unspecified atom stereocenters. The van der Waals surface area contributed by atoms with Crippen molar-refractivity contribution < 1.29 is 4.79 Å². The van der Waals surface area contributed by atoms with Gasteiger partial charge < -0.3 is 10.3 Å². The minimum atomic E-state index is -0.373. The first-order valence-corrected chi connectivity index (χ1v) is 10.7. The molecule has 3 nitrogen and oxygen atoms in total. The van der Waals surface area contributed by atoms with Crippen LogP contribution >= 0.6 is 11.6 Å². The zero-order chi connectivity index (χ0) is 20.8. The Balaban J connectivity index is 2.08. The lowest BCUT2D eigenvalue weighted by molar-refractivity contribution is 0.1000. The summed E-state index contributed by atoms with van der Waals surface area (Å²) in [4.78, 5) is 12.4. The molecule has 0 radical (unpaired) electrons. The number of unbranched alkanes of at least 4 members (excludes halogenated alkanes) is 2. The van der Waals surface area contributed by atoms with Crippen LogP contribution in [0.3, 0.4) is 0 Å². The third-order valence-electron chi connectivity index (χ3n) is 5.49. The molecule has 0 saturated carbocycles. The van der Waals surface area contributed by atoms with E-state index in [-0.39, 0.29) is 5.91 Å². The predicted octanol–water partition coefficient (Wildman–Crippen LogP) is 6.19. The minimum Gasteiger partial charge on any atom is -0.366 e. The predicted molar refractivity (Wildman–Crippen MR) is 122 cm³/mol. The molecule has 4 heteroatoms. The van der Waals surface area contributed by atoms with Gasteiger partial charge in [-0.25, -0.2) is 0 Å². The third kappa shape index (κ3) is 4.91. The minimum absolute atomic E-state index is 0.373. The highest BCUT2D eigenvalue weighted by Gasteiger charge is 2.24. The fraction of sp³-hybridized carbons (Fsp3) is 0.320. The van der Waals surface area contributed by atoms with Gasteiger partial charge in [0.25, 0.3) is 5.91 Å². The molecule has 0 aliphatic heterocycles. The second-order valence-electron chi connectivity index (χ2n) is 7.50. The van der Waals surface area contributed by atoms with E-state index in [9.17, 15) is 4.79 Å². The summed E-state index contributed by atoms with van der Waals surface area (Å²) in [5.41, 5.74) is 11.9. The maximum Gasteiger partial charge on any atom is 0.251 e. The van der Waals surface area contributed by atoms with Gasteiger partial charge in [-0.3, -0.25) is 4.79 Å². The number of carbonyl (C=O) groups excluding carboxylic acids is 1. The number of nitrogens with zero attached hydrogens (tertiary/aromatic N) is 1. The molecule has 1 aromatic heterocycles. The number of benzene rings is 2. The molecule has 0 spiro atoms. The normalized spacial score (nSPS) is 11.0. The first kappa shape index (κ1) is 21.2. The van der Waals surface area contributed by atoms with Crippen molar-refractivity contribution >= 4 is 17.5 Å². The molecular weight excluding hydrogens is 380 g/mol. The SMILES string of the molecule is CCCCCc1c(-c2ccc(Cl)cc2)c(C(N)=O)c(C)n1CCc1ccccc1. The maximum absolute atomic E-state index is 12.4. The van der Waals surface area contributed by atoms with Crippen molar-refractivity contribution in [2.45, 2.75) is 52.5 Å². The van der Waals surface area contributed by atoms with E-state index in [0.717, 1.165) is 55.5 Å². The molecule has 1 amide bonds. The molecule has 3 rings (SSSR count). The first-order valence-electron chi connectivity index (χ1n) is 10.3. The molecular formula is C25H29ClN2O. The van der Waals surface area contributed by atoms with Gasteiger partial charge in [-0.05, 0) is 49.4 Å². The zero-order valence-electron chi connectivity index (χ0n) is 17.2. The summed E-state index contributed by atoms with van der Waals surface area (Å²) in [6, 6.07) is 18.1. The summed E-state index contributed by atoms with van der Waals surface area (Å²) in [7, 11) is 0. The van der Waals surface area contributed by atoms with Gasteiger partial charge in [-0.2, -0.15) is 0 Å². The number of hydrogen-bond donors (Lipinski definition) is 1. The Morgan fingerprint density at radius 3 is 2.31 bits per heavy atom. The van der Waals surface area contributed by atoms with Gasteiger partial charge in [-0.15, -0.1) is 0 Å². The summed E-state index contributed by atoms with van der Waals surface area (Å²) in [5.74, 6) is -0.373. The highest BCUT2D eigenvalue weighted by molar-refractivity contribution is 6.30. The maximum atomic E-state index is 12.4. The number of rotatable bonds is 9. The van der Waals surface area contributed by atoms with E-state index in [1.807, 2.05) is 37.3 Å². The van der Waals surface area contributed by atoms with E-state index in [0.29, 0.717) is 10.6 Å². The van der Waals surface area contributed by atoms with Crippen LogP contribution in [0.2, 0.25) is 5.02 Å². The molecule has 0 saturated heterocycles. The number of halogens is 1. The summed E-state index contributed by atoms with van der Waals surface area (Å²) < 4.78 is 2.30.